The monoisotopic (exact) mass is 442 g/mol. The van der Waals surface area contributed by atoms with Crippen LogP contribution in [0.3, 0.4) is 0 Å². The van der Waals surface area contributed by atoms with Crippen LogP contribution in [0.25, 0.3) is 0 Å². The van der Waals surface area contributed by atoms with Crippen LogP contribution >= 0.6 is 23.2 Å². The molecule has 0 saturated carbocycles. The fourth-order valence-electron chi connectivity index (χ4n) is 4.53. The van der Waals surface area contributed by atoms with E-state index in [1.165, 1.54) is 0 Å². The third-order valence-electron chi connectivity index (χ3n) is 5.77. The number of allylic oxidation sites excluding steroid dienone is 1. The summed E-state index contributed by atoms with van der Waals surface area (Å²) in [7, 11) is 0. The summed E-state index contributed by atoms with van der Waals surface area (Å²) in [6.45, 7) is 5.91. The van der Waals surface area contributed by atoms with Crippen molar-refractivity contribution in [2.75, 3.05) is 10.2 Å². The number of benzene rings is 2. The average Bonchev–Trinajstić information content (AvgIpc) is 2.82. The molecule has 0 bridgehead atoms. The van der Waals surface area contributed by atoms with Crippen LogP contribution < -0.4 is 10.2 Å². The molecule has 0 fully saturated rings. The van der Waals surface area contributed by atoms with Gasteiger partial charge in [0.05, 0.1) is 33.4 Å². The number of rotatable bonds is 2. The lowest BCUT2D eigenvalue weighted by atomic mass is 9.72. The van der Waals surface area contributed by atoms with Crippen LogP contribution in [0.4, 0.5) is 11.4 Å². The zero-order chi connectivity index (χ0) is 21.6. The predicted octanol–water partition coefficient (Wildman–Crippen LogP) is 6.40. The Hall–Kier alpha value is -2.30. The quantitative estimate of drug-likeness (QED) is 0.584. The highest BCUT2D eigenvalue weighted by Gasteiger charge is 2.46. The van der Waals surface area contributed by atoms with Gasteiger partial charge in [0.25, 0.3) is 0 Å². The maximum Gasteiger partial charge on any atom is 0.227 e. The van der Waals surface area contributed by atoms with E-state index in [1.807, 2.05) is 57.2 Å². The maximum absolute atomic E-state index is 13.5. The number of para-hydroxylation sites is 2. The number of carbonyl (C=O) groups excluding carboxylic acids is 2. The van der Waals surface area contributed by atoms with Crippen molar-refractivity contribution in [2.24, 2.45) is 11.3 Å². The maximum atomic E-state index is 13.5. The van der Waals surface area contributed by atoms with E-state index in [0.717, 1.165) is 17.1 Å². The van der Waals surface area contributed by atoms with Crippen LogP contribution in [-0.4, -0.2) is 11.7 Å². The standard InChI is InChI=1S/C24H24Cl2N2O2/c1-4-20(30)28-18-11-6-5-10-16(18)27-17-12-24(2,3)13-19(29)21(17)23(28)14-8-7-9-15(25)22(14)26/h5-12,21,23,27H,4,13H2,1-3H3. The second-order valence-electron chi connectivity index (χ2n) is 8.56. The first-order valence-corrected chi connectivity index (χ1v) is 10.9. The Morgan fingerprint density at radius 3 is 2.63 bits per heavy atom. The molecule has 1 N–H and O–H groups in total. The molecule has 0 aromatic heterocycles. The van der Waals surface area contributed by atoms with Crippen molar-refractivity contribution >= 4 is 46.3 Å². The van der Waals surface area contributed by atoms with Crippen LogP contribution in [-0.2, 0) is 9.59 Å². The van der Waals surface area contributed by atoms with Gasteiger partial charge in [-0.05, 0) is 29.2 Å². The Labute approximate surface area is 186 Å². The number of hydrogen-bond donors (Lipinski definition) is 1. The van der Waals surface area contributed by atoms with Gasteiger partial charge in [-0.1, -0.05) is 74.3 Å². The van der Waals surface area contributed by atoms with Gasteiger partial charge < -0.3 is 10.2 Å². The first-order valence-electron chi connectivity index (χ1n) is 10.1. The van der Waals surface area contributed by atoms with E-state index in [-0.39, 0.29) is 17.1 Å². The van der Waals surface area contributed by atoms with Crippen LogP contribution in [0.15, 0.2) is 54.2 Å². The van der Waals surface area contributed by atoms with Gasteiger partial charge in [0.15, 0.2) is 0 Å². The molecule has 2 unspecified atom stereocenters. The van der Waals surface area contributed by atoms with E-state index in [4.69, 9.17) is 23.2 Å². The van der Waals surface area contributed by atoms with Crippen molar-refractivity contribution in [1.29, 1.82) is 0 Å². The van der Waals surface area contributed by atoms with Gasteiger partial charge in [-0.25, -0.2) is 0 Å². The summed E-state index contributed by atoms with van der Waals surface area (Å²) in [5.74, 6) is -0.561. The predicted molar refractivity (Wildman–Crippen MR) is 122 cm³/mol. The number of carbonyl (C=O) groups is 2. The molecule has 1 heterocycles. The van der Waals surface area contributed by atoms with Crippen LogP contribution in [0.5, 0.6) is 0 Å². The zero-order valence-electron chi connectivity index (χ0n) is 17.2. The number of anilines is 2. The number of hydrogen-bond acceptors (Lipinski definition) is 3. The second-order valence-corrected chi connectivity index (χ2v) is 9.34. The van der Waals surface area contributed by atoms with E-state index in [2.05, 4.69) is 11.4 Å². The molecule has 2 aromatic rings. The molecule has 2 aliphatic rings. The molecule has 0 saturated heterocycles. The largest absolute Gasteiger partial charge is 0.357 e. The highest BCUT2D eigenvalue weighted by Crippen LogP contribution is 2.50. The van der Waals surface area contributed by atoms with Crippen LogP contribution in [0.1, 0.15) is 45.2 Å². The van der Waals surface area contributed by atoms with Gasteiger partial charge in [0.1, 0.15) is 5.78 Å². The molecule has 156 valence electrons. The van der Waals surface area contributed by atoms with Crippen LogP contribution in [0.2, 0.25) is 10.0 Å². The Morgan fingerprint density at radius 1 is 1.17 bits per heavy atom. The molecule has 1 amide bonds. The minimum absolute atomic E-state index is 0.0766. The van der Waals surface area contributed by atoms with Gasteiger partial charge in [-0.2, -0.15) is 0 Å². The van der Waals surface area contributed by atoms with E-state index in [0.29, 0.717) is 28.5 Å². The second kappa shape index (κ2) is 7.75. The van der Waals surface area contributed by atoms with Crippen molar-refractivity contribution < 1.29 is 9.59 Å². The summed E-state index contributed by atoms with van der Waals surface area (Å²) >= 11 is 13.0. The Bertz CT molecular complexity index is 1060. The normalized spacial score (nSPS) is 22.4. The van der Waals surface area contributed by atoms with E-state index >= 15 is 0 Å². The SMILES string of the molecule is CCC(=O)N1c2ccccc2NC2=CC(C)(C)CC(=O)C2C1c1cccc(Cl)c1Cl. The van der Waals surface area contributed by atoms with Gasteiger partial charge in [-0.3, -0.25) is 9.59 Å². The van der Waals surface area contributed by atoms with Crippen molar-refractivity contribution in [3.05, 3.63) is 69.8 Å². The van der Waals surface area contributed by atoms with Gasteiger partial charge >= 0.3 is 0 Å². The Morgan fingerprint density at radius 2 is 1.90 bits per heavy atom. The van der Waals surface area contributed by atoms with E-state index in [9.17, 15) is 9.59 Å². The molecule has 4 nitrogen and oxygen atoms in total. The topological polar surface area (TPSA) is 49.4 Å². The third-order valence-corrected chi connectivity index (χ3v) is 6.60. The highest BCUT2D eigenvalue weighted by molar-refractivity contribution is 6.42. The lowest BCUT2D eigenvalue weighted by Gasteiger charge is -2.39. The number of halogens is 2. The lowest BCUT2D eigenvalue weighted by molar-refractivity contribution is -0.125. The molecule has 2 atom stereocenters. The Balaban J connectivity index is 2.04. The average molecular weight is 443 g/mol. The molecule has 6 heteroatoms. The lowest BCUT2D eigenvalue weighted by Crippen LogP contribution is -2.43. The number of fused-ring (bicyclic) bond motifs is 2. The molecule has 30 heavy (non-hydrogen) atoms. The molecule has 0 radical (unpaired) electrons. The third kappa shape index (κ3) is 3.52. The minimum atomic E-state index is -0.588. The summed E-state index contributed by atoms with van der Waals surface area (Å²) < 4.78 is 0. The molecular formula is C24H24Cl2N2O2. The van der Waals surface area contributed by atoms with E-state index < -0.39 is 12.0 Å². The zero-order valence-corrected chi connectivity index (χ0v) is 18.7. The summed E-state index contributed by atoms with van der Waals surface area (Å²) in [5.41, 5.74) is 2.72. The number of nitrogens with one attached hydrogen (secondary N) is 1. The first kappa shape index (κ1) is 21.0. The minimum Gasteiger partial charge on any atom is -0.357 e. The molecule has 1 aliphatic carbocycles. The number of amides is 1. The summed E-state index contributed by atoms with van der Waals surface area (Å²) in [6, 6.07) is 12.4. The molecule has 0 spiro atoms. The summed E-state index contributed by atoms with van der Waals surface area (Å²) in [6.07, 6.45) is 2.80. The van der Waals surface area contributed by atoms with Gasteiger partial charge in [0.2, 0.25) is 5.91 Å². The van der Waals surface area contributed by atoms with Crippen LogP contribution in [0, 0.1) is 11.3 Å². The van der Waals surface area contributed by atoms with E-state index in [1.54, 1.807) is 11.0 Å². The number of ketones is 1. The molecule has 4 rings (SSSR count). The summed E-state index contributed by atoms with van der Waals surface area (Å²) in [4.78, 5) is 28.5. The first-order chi connectivity index (χ1) is 14.2. The highest BCUT2D eigenvalue weighted by atomic mass is 35.5. The fourth-order valence-corrected chi connectivity index (χ4v) is 4.95. The number of nitrogens with zero attached hydrogens (tertiary/aromatic N) is 1. The van der Waals surface area contributed by atoms with Gasteiger partial charge in [-0.15, -0.1) is 0 Å². The smallest absolute Gasteiger partial charge is 0.227 e. The Kier molecular flexibility index (Phi) is 5.41. The molecule has 1 aliphatic heterocycles. The van der Waals surface area contributed by atoms with Crippen molar-refractivity contribution in [1.82, 2.24) is 0 Å². The molecular weight excluding hydrogens is 419 g/mol. The van der Waals surface area contributed by atoms with Gasteiger partial charge in [0, 0.05) is 18.5 Å². The number of Topliss-reactive ketones (excluding diaryl/α,β-unsaturated/α-hetero) is 1. The van der Waals surface area contributed by atoms with Crippen molar-refractivity contribution in [2.45, 2.75) is 39.7 Å². The molecule has 2 aromatic carbocycles. The van der Waals surface area contributed by atoms with Crippen molar-refractivity contribution in [3.8, 4) is 0 Å². The fraction of sp³-hybridized carbons (Fsp3) is 0.333. The summed E-state index contributed by atoms with van der Waals surface area (Å²) in [5, 5.41) is 4.23. The van der Waals surface area contributed by atoms with Crippen molar-refractivity contribution in [3.63, 3.8) is 0 Å².